The molecule has 9 heteroatoms. The minimum Gasteiger partial charge on any atom is -0.486 e. The summed E-state index contributed by atoms with van der Waals surface area (Å²) in [6.07, 6.45) is -0.422. The number of hydrogen-bond donors (Lipinski definition) is 1. The molecule has 1 aliphatic heterocycles. The lowest BCUT2D eigenvalue weighted by Gasteiger charge is -2.27. The zero-order valence-electron chi connectivity index (χ0n) is 16.1. The standard InChI is InChI=1S/C22H15Cl2NO5S/c1-11(12-2-4-14(23)5-3-12)30-15-6-7-16(24)17(9-15)25-18(26)8-13-10-31-20(22(28)29)19(13)21(25)27/h2-7,9-11H,8H2,1H3,(H,28,29). The van der Waals surface area contributed by atoms with E-state index in [2.05, 4.69) is 0 Å². The van der Waals surface area contributed by atoms with E-state index in [1.54, 1.807) is 18.2 Å². The quantitative estimate of drug-likeness (QED) is 0.483. The van der Waals surface area contributed by atoms with Gasteiger partial charge in [-0.1, -0.05) is 35.3 Å². The maximum atomic E-state index is 13.1. The van der Waals surface area contributed by atoms with Gasteiger partial charge in [0.15, 0.2) is 0 Å². The zero-order valence-corrected chi connectivity index (χ0v) is 18.4. The second-order valence-electron chi connectivity index (χ2n) is 6.91. The van der Waals surface area contributed by atoms with Crippen molar-refractivity contribution in [3.63, 3.8) is 0 Å². The molecule has 6 nitrogen and oxygen atoms in total. The monoisotopic (exact) mass is 475 g/mol. The van der Waals surface area contributed by atoms with Crippen molar-refractivity contribution in [3.05, 3.63) is 79.5 Å². The Morgan fingerprint density at radius 1 is 1.16 bits per heavy atom. The van der Waals surface area contributed by atoms with Gasteiger partial charge in [0.2, 0.25) is 5.91 Å². The second-order valence-corrected chi connectivity index (χ2v) is 8.63. The third kappa shape index (κ3) is 4.04. The number of halogens is 2. The Balaban J connectivity index is 1.67. The number of ether oxygens (including phenoxy) is 1. The number of carboxylic acids is 1. The van der Waals surface area contributed by atoms with Crippen LogP contribution in [0.3, 0.4) is 0 Å². The van der Waals surface area contributed by atoms with E-state index in [9.17, 15) is 19.5 Å². The molecule has 4 rings (SSSR count). The summed E-state index contributed by atoms with van der Waals surface area (Å²) in [6.45, 7) is 1.85. The van der Waals surface area contributed by atoms with E-state index in [1.807, 2.05) is 19.1 Å². The molecule has 0 fully saturated rings. The minimum absolute atomic E-state index is 0.0222. The van der Waals surface area contributed by atoms with Crippen molar-refractivity contribution in [1.29, 1.82) is 0 Å². The van der Waals surface area contributed by atoms with Crippen molar-refractivity contribution in [3.8, 4) is 5.75 Å². The summed E-state index contributed by atoms with van der Waals surface area (Å²) in [4.78, 5) is 38.1. The lowest BCUT2D eigenvalue weighted by Crippen LogP contribution is -2.42. The van der Waals surface area contributed by atoms with Crippen LogP contribution in [-0.4, -0.2) is 22.9 Å². The van der Waals surface area contributed by atoms with E-state index in [4.69, 9.17) is 27.9 Å². The summed E-state index contributed by atoms with van der Waals surface area (Å²) in [5.74, 6) is -2.02. The van der Waals surface area contributed by atoms with E-state index in [-0.39, 0.29) is 33.7 Å². The molecule has 1 aliphatic rings. The Morgan fingerprint density at radius 3 is 2.55 bits per heavy atom. The maximum absolute atomic E-state index is 13.1. The van der Waals surface area contributed by atoms with Crippen molar-refractivity contribution >= 4 is 58.0 Å². The fraction of sp³-hybridized carbons (Fsp3) is 0.136. The number of anilines is 1. The average Bonchev–Trinajstić information content (AvgIpc) is 3.15. The van der Waals surface area contributed by atoms with E-state index in [0.29, 0.717) is 16.3 Å². The Kier molecular flexibility index (Phi) is 5.75. The van der Waals surface area contributed by atoms with Gasteiger partial charge in [0.25, 0.3) is 5.91 Å². The fourth-order valence-corrected chi connectivity index (χ4v) is 4.60. The fourth-order valence-electron chi connectivity index (χ4n) is 3.37. The van der Waals surface area contributed by atoms with Crippen LogP contribution >= 0.6 is 34.5 Å². The van der Waals surface area contributed by atoms with E-state index >= 15 is 0 Å². The number of thiophene rings is 1. The van der Waals surface area contributed by atoms with Crippen LogP contribution < -0.4 is 9.64 Å². The second kappa shape index (κ2) is 8.34. The van der Waals surface area contributed by atoms with Gasteiger partial charge in [0.05, 0.1) is 22.7 Å². The highest BCUT2D eigenvalue weighted by Gasteiger charge is 2.37. The van der Waals surface area contributed by atoms with Crippen molar-refractivity contribution in [2.75, 3.05) is 4.90 Å². The van der Waals surface area contributed by atoms with Gasteiger partial charge in [-0.25, -0.2) is 9.69 Å². The molecular formula is C22H15Cl2NO5S. The molecule has 0 saturated carbocycles. The summed E-state index contributed by atoms with van der Waals surface area (Å²) in [5, 5.41) is 11.7. The number of fused-ring (bicyclic) bond motifs is 1. The molecule has 1 aromatic heterocycles. The van der Waals surface area contributed by atoms with Crippen LogP contribution in [0.2, 0.25) is 10.0 Å². The number of benzene rings is 2. The van der Waals surface area contributed by atoms with Gasteiger partial charge in [-0.05, 0) is 47.7 Å². The molecule has 2 aromatic carbocycles. The Hall–Kier alpha value is -2.87. The molecule has 3 aromatic rings. The number of nitrogens with zero attached hydrogens (tertiary/aromatic N) is 1. The molecule has 0 radical (unpaired) electrons. The van der Waals surface area contributed by atoms with Gasteiger partial charge in [-0.15, -0.1) is 11.3 Å². The predicted octanol–water partition coefficient (Wildman–Crippen LogP) is 5.62. The van der Waals surface area contributed by atoms with Crippen LogP contribution in [0.5, 0.6) is 5.75 Å². The van der Waals surface area contributed by atoms with Crippen LogP contribution in [0.4, 0.5) is 5.69 Å². The highest BCUT2D eigenvalue weighted by Crippen LogP contribution is 2.37. The van der Waals surface area contributed by atoms with Crippen LogP contribution in [-0.2, 0) is 11.2 Å². The van der Waals surface area contributed by atoms with E-state index in [1.165, 1.54) is 17.5 Å². The third-order valence-electron chi connectivity index (χ3n) is 4.88. The molecule has 1 unspecified atom stereocenters. The van der Waals surface area contributed by atoms with Gasteiger partial charge >= 0.3 is 5.97 Å². The topological polar surface area (TPSA) is 83.9 Å². The first-order valence-electron chi connectivity index (χ1n) is 9.19. The Bertz CT molecular complexity index is 1210. The van der Waals surface area contributed by atoms with Crippen LogP contribution in [0.25, 0.3) is 0 Å². The molecule has 0 bridgehead atoms. The largest absolute Gasteiger partial charge is 0.486 e. The highest BCUT2D eigenvalue weighted by molar-refractivity contribution is 7.12. The smallest absolute Gasteiger partial charge is 0.346 e. The van der Waals surface area contributed by atoms with Crippen molar-refractivity contribution in [2.45, 2.75) is 19.4 Å². The zero-order chi connectivity index (χ0) is 22.3. The maximum Gasteiger partial charge on any atom is 0.346 e. The lowest BCUT2D eigenvalue weighted by molar-refractivity contribution is -0.117. The van der Waals surface area contributed by atoms with E-state index < -0.39 is 17.8 Å². The van der Waals surface area contributed by atoms with Crippen LogP contribution in [0, 0.1) is 0 Å². The summed E-state index contributed by atoms with van der Waals surface area (Å²) in [6, 6.07) is 11.9. The number of carboxylic acid groups (broad SMARTS) is 1. The number of carbonyl (C=O) groups is 3. The number of amides is 2. The highest BCUT2D eigenvalue weighted by atomic mass is 35.5. The summed E-state index contributed by atoms with van der Waals surface area (Å²) >= 11 is 13.2. The van der Waals surface area contributed by atoms with Crippen molar-refractivity contribution in [2.24, 2.45) is 0 Å². The number of rotatable bonds is 5. The van der Waals surface area contributed by atoms with Crippen molar-refractivity contribution < 1.29 is 24.2 Å². The van der Waals surface area contributed by atoms with Gasteiger partial charge in [-0.2, -0.15) is 0 Å². The van der Waals surface area contributed by atoms with Gasteiger partial charge in [0, 0.05) is 11.1 Å². The predicted molar refractivity (Wildman–Crippen MR) is 119 cm³/mol. The number of hydrogen-bond acceptors (Lipinski definition) is 5. The molecule has 2 heterocycles. The number of imide groups is 1. The normalized spacial score (nSPS) is 14.4. The summed E-state index contributed by atoms with van der Waals surface area (Å²) in [5.41, 5.74) is 1.47. The SMILES string of the molecule is CC(Oc1ccc(Cl)c(N2C(=O)Cc3csc(C(=O)O)c3C2=O)c1)c1ccc(Cl)cc1. The Morgan fingerprint density at radius 2 is 1.87 bits per heavy atom. The van der Waals surface area contributed by atoms with Crippen LogP contribution in [0.15, 0.2) is 47.8 Å². The molecule has 31 heavy (non-hydrogen) atoms. The third-order valence-corrected chi connectivity index (χ3v) is 6.47. The van der Waals surface area contributed by atoms with Crippen LogP contribution in [0.1, 0.15) is 44.2 Å². The number of aromatic carboxylic acids is 1. The Labute approximate surface area is 191 Å². The molecule has 1 atom stereocenters. The molecule has 2 amide bonds. The first-order chi connectivity index (χ1) is 14.8. The molecular weight excluding hydrogens is 461 g/mol. The first-order valence-corrected chi connectivity index (χ1v) is 10.8. The molecule has 1 N–H and O–H groups in total. The van der Waals surface area contributed by atoms with Gasteiger partial charge in [0.1, 0.15) is 16.7 Å². The molecule has 0 saturated heterocycles. The lowest BCUT2D eigenvalue weighted by atomic mass is 10.0. The molecule has 158 valence electrons. The first kappa shape index (κ1) is 21.4. The summed E-state index contributed by atoms with van der Waals surface area (Å²) < 4.78 is 5.97. The minimum atomic E-state index is -1.21. The molecule has 0 spiro atoms. The van der Waals surface area contributed by atoms with Gasteiger partial charge < -0.3 is 9.84 Å². The van der Waals surface area contributed by atoms with E-state index in [0.717, 1.165) is 21.8 Å². The van der Waals surface area contributed by atoms with Gasteiger partial charge in [-0.3, -0.25) is 9.59 Å². The summed E-state index contributed by atoms with van der Waals surface area (Å²) in [7, 11) is 0. The average molecular weight is 476 g/mol. The number of carbonyl (C=O) groups excluding carboxylic acids is 2. The van der Waals surface area contributed by atoms with Crippen molar-refractivity contribution in [1.82, 2.24) is 0 Å². The molecule has 0 aliphatic carbocycles.